The van der Waals surface area contributed by atoms with E-state index in [1.54, 1.807) is 12.1 Å². The lowest BCUT2D eigenvalue weighted by atomic mass is 10.1. The molecule has 6 heteroatoms. The summed E-state index contributed by atoms with van der Waals surface area (Å²) in [7, 11) is 0. The zero-order valence-corrected chi connectivity index (χ0v) is 11.0. The van der Waals surface area contributed by atoms with E-state index in [4.69, 9.17) is 5.11 Å². The molecule has 100 valence electrons. The van der Waals surface area contributed by atoms with Gasteiger partial charge in [0.1, 0.15) is 12.6 Å². The van der Waals surface area contributed by atoms with Crippen molar-refractivity contribution in [3.05, 3.63) is 21.9 Å². The van der Waals surface area contributed by atoms with Gasteiger partial charge in [-0.2, -0.15) is 0 Å². The van der Waals surface area contributed by atoms with Crippen LogP contribution in [0.15, 0.2) is 12.1 Å². The molecule has 0 aromatic carbocycles. The average molecular weight is 278 g/mol. The number of carbonyl (C=O) groups is 2. The van der Waals surface area contributed by atoms with Crippen LogP contribution in [0.4, 0.5) is 0 Å². The summed E-state index contributed by atoms with van der Waals surface area (Å²) >= 11 is 1.24. The molecule has 0 aliphatic carbocycles. The third-order valence-corrected chi connectivity index (χ3v) is 3.71. The summed E-state index contributed by atoms with van der Waals surface area (Å²) in [6, 6.07) is 2.95. The minimum absolute atomic E-state index is 0.128. The van der Waals surface area contributed by atoms with E-state index in [1.165, 1.54) is 11.3 Å². The van der Waals surface area contributed by atoms with Crippen LogP contribution < -0.4 is 10.6 Å². The summed E-state index contributed by atoms with van der Waals surface area (Å²) in [6.07, 6.45) is 1.54. The van der Waals surface area contributed by atoms with Crippen molar-refractivity contribution >= 4 is 23.2 Å². The number of aliphatic hydroxyl groups is 1. The predicted octanol–water partition coefficient (Wildman–Crippen LogP) is 0.100. The second kappa shape index (κ2) is 6.36. The topological polar surface area (TPSA) is 78.4 Å². The van der Waals surface area contributed by atoms with Gasteiger partial charge in [-0.25, -0.2) is 0 Å². The van der Waals surface area contributed by atoms with Crippen molar-refractivity contribution in [3.63, 3.8) is 0 Å². The molecule has 19 heavy (non-hydrogen) atoms. The van der Waals surface area contributed by atoms with E-state index in [0.717, 1.165) is 6.42 Å². The van der Waals surface area contributed by atoms with Crippen LogP contribution in [0.2, 0.25) is 0 Å². The van der Waals surface area contributed by atoms with E-state index in [0.29, 0.717) is 22.7 Å². The van der Waals surface area contributed by atoms with E-state index < -0.39 is 6.04 Å². The van der Waals surface area contributed by atoms with Crippen molar-refractivity contribution in [1.29, 1.82) is 0 Å². The molecule has 0 radical (unpaired) electrons. The Morgan fingerprint density at radius 3 is 3.16 bits per heavy atom. The van der Waals surface area contributed by atoms with Crippen molar-refractivity contribution in [3.8, 4) is 11.8 Å². The lowest BCUT2D eigenvalue weighted by Crippen LogP contribution is -2.50. The highest BCUT2D eigenvalue weighted by Gasteiger charge is 2.24. The third kappa shape index (κ3) is 3.56. The molecule has 0 bridgehead atoms. The Morgan fingerprint density at radius 1 is 1.58 bits per heavy atom. The van der Waals surface area contributed by atoms with Crippen molar-refractivity contribution in [2.75, 3.05) is 13.2 Å². The van der Waals surface area contributed by atoms with E-state index in [2.05, 4.69) is 22.5 Å². The largest absolute Gasteiger partial charge is 0.384 e. The first-order valence-corrected chi connectivity index (χ1v) is 6.80. The summed E-state index contributed by atoms with van der Waals surface area (Å²) in [4.78, 5) is 24.7. The van der Waals surface area contributed by atoms with Gasteiger partial charge in [0.25, 0.3) is 5.91 Å². The van der Waals surface area contributed by atoms with Gasteiger partial charge in [-0.05, 0) is 25.0 Å². The minimum Gasteiger partial charge on any atom is -0.384 e. The highest BCUT2D eigenvalue weighted by Crippen LogP contribution is 2.16. The molecule has 1 aromatic rings. The van der Waals surface area contributed by atoms with Crippen LogP contribution in [0.25, 0.3) is 0 Å². The van der Waals surface area contributed by atoms with Crippen molar-refractivity contribution in [2.45, 2.75) is 18.9 Å². The SMILES string of the molecule is O=C(NC1CCCNC1=O)c1ccc(C#CCO)s1. The van der Waals surface area contributed by atoms with Gasteiger partial charge >= 0.3 is 0 Å². The number of amides is 2. The normalized spacial score (nSPS) is 18.2. The van der Waals surface area contributed by atoms with Crippen LogP contribution in [0.5, 0.6) is 0 Å². The molecule has 2 heterocycles. The predicted molar refractivity (Wildman–Crippen MR) is 71.8 cm³/mol. The number of nitrogens with one attached hydrogen (secondary N) is 2. The second-order valence-corrected chi connectivity index (χ2v) is 5.17. The monoisotopic (exact) mass is 278 g/mol. The van der Waals surface area contributed by atoms with E-state index >= 15 is 0 Å². The summed E-state index contributed by atoms with van der Waals surface area (Å²) in [5.74, 6) is 4.88. The lowest BCUT2D eigenvalue weighted by Gasteiger charge is -2.22. The van der Waals surface area contributed by atoms with Gasteiger partial charge < -0.3 is 15.7 Å². The lowest BCUT2D eigenvalue weighted by molar-refractivity contribution is -0.124. The summed E-state index contributed by atoms with van der Waals surface area (Å²) in [5, 5.41) is 14.0. The maximum absolute atomic E-state index is 12.0. The molecule has 5 nitrogen and oxygen atoms in total. The maximum Gasteiger partial charge on any atom is 0.262 e. The number of piperidine rings is 1. The quantitative estimate of drug-likeness (QED) is 0.671. The minimum atomic E-state index is -0.449. The van der Waals surface area contributed by atoms with Gasteiger partial charge in [0, 0.05) is 6.54 Å². The van der Waals surface area contributed by atoms with Gasteiger partial charge in [-0.15, -0.1) is 11.3 Å². The Labute approximate surface area is 115 Å². The smallest absolute Gasteiger partial charge is 0.262 e. The molecule has 2 rings (SSSR count). The summed E-state index contributed by atoms with van der Waals surface area (Å²) in [5.41, 5.74) is 0. The molecule has 1 atom stereocenters. The van der Waals surface area contributed by atoms with E-state index in [-0.39, 0.29) is 18.4 Å². The molecular weight excluding hydrogens is 264 g/mol. The van der Waals surface area contributed by atoms with Gasteiger partial charge in [-0.3, -0.25) is 9.59 Å². The van der Waals surface area contributed by atoms with Crippen LogP contribution in [-0.2, 0) is 4.79 Å². The molecule has 1 saturated heterocycles. The fourth-order valence-corrected chi connectivity index (χ4v) is 2.58. The molecule has 3 N–H and O–H groups in total. The standard InChI is InChI=1S/C13H14N2O3S/c16-8-2-3-9-5-6-11(19-9)13(18)15-10-4-1-7-14-12(10)17/h5-6,10,16H,1,4,7-8H2,(H,14,17)(H,15,18). The maximum atomic E-state index is 12.0. The zero-order chi connectivity index (χ0) is 13.7. The van der Waals surface area contributed by atoms with Crippen molar-refractivity contribution in [1.82, 2.24) is 10.6 Å². The highest BCUT2D eigenvalue weighted by atomic mass is 32.1. The van der Waals surface area contributed by atoms with Gasteiger partial charge in [0.15, 0.2) is 0 Å². The Bertz CT molecular complexity index is 542. The number of hydrogen-bond donors (Lipinski definition) is 3. The van der Waals surface area contributed by atoms with Crippen molar-refractivity contribution < 1.29 is 14.7 Å². The molecule has 1 aliphatic heterocycles. The fraction of sp³-hybridized carbons (Fsp3) is 0.385. The Morgan fingerprint density at radius 2 is 2.42 bits per heavy atom. The number of carbonyl (C=O) groups excluding carboxylic acids is 2. The number of rotatable bonds is 2. The summed E-state index contributed by atoms with van der Waals surface area (Å²) < 4.78 is 0. The second-order valence-electron chi connectivity index (χ2n) is 4.08. The Balaban J connectivity index is 1.99. The molecule has 1 fully saturated rings. The molecule has 0 spiro atoms. The molecule has 0 saturated carbocycles. The van der Waals surface area contributed by atoms with E-state index in [9.17, 15) is 9.59 Å². The van der Waals surface area contributed by atoms with Crippen LogP contribution in [-0.4, -0.2) is 36.1 Å². The average Bonchev–Trinajstić information content (AvgIpc) is 2.88. The van der Waals surface area contributed by atoms with Crippen LogP contribution in [0.3, 0.4) is 0 Å². The highest BCUT2D eigenvalue weighted by molar-refractivity contribution is 7.14. The molecular formula is C13H14N2O3S. The van der Waals surface area contributed by atoms with Gasteiger partial charge in [0.2, 0.25) is 5.91 Å². The first-order chi connectivity index (χ1) is 9.20. The Hall–Kier alpha value is -1.84. The van der Waals surface area contributed by atoms with Gasteiger partial charge in [-0.1, -0.05) is 11.8 Å². The number of hydrogen-bond acceptors (Lipinski definition) is 4. The van der Waals surface area contributed by atoms with Gasteiger partial charge in [0.05, 0.1) is 9.75 Å². The van der Waals surface area contributed by atoms with Crippen LogP contribution in [0, 0.1) is 11.8 Å². The third-order valence-electron chi connectivity index (χ3n) is 2.71. The molecule has 1 aliphatic rings. The van der Waals surface area contributed by atoms with Crippen molar-refractivity contribution in [2.24, 2.45) is 0 Å². The Kier molecular flexibility index (Phi) is 4.55. The zero-order valence-electron chi connectivity index (χ0n) is 10.2. The molecule has 1 unspecified atom stereocenters. The van der Waals surface area contributed by atoms with Crippen LogP contribution >= 0.6 is 11.3 Å². The number of aliphatic hydroxyl groups excluding tert-OH is 1. The molecule has 1 aromatic heterocycles. The first-order valence-electron chi connectivity index (χ1n) is 5.99. The molecule has 2 amide bonds. The van der Waals surface area contributed by atoms with Crippen LogP contribution in [0.1, 0.15) is 27.4 Å². The number of thiophene rings is 1. The first kappa shape index (κ1) is 13.6. The fourth-order valence-electron chi connectivity index (χ4n) is 1.79. The van der Waals surface area contributed by atoms with E-state index in [1.807, 2.05) is 0 Å². The summed E-state index contributed by atoms with van der Waals surface area (Å²) in [6.45, 7) is 0.465.